The van der Waals surface area contributed by atoms with Gasteiger partial charge in [-0.2, -0.15) is 5.26 Å². The van der Waals surface area contributed by atoms with E-state index in [1.165, 1.54) is 0 Å². The Morgan fingerprint density at radius 3 is 2.75 bits per heavy atom. The van der Waals surface area contributed by atoms with E-state index in [1.54, 1.807) is 8.85 Å². The van der Waals surface area contributed by atoms with Crippen molar-refractivity contribution in [1.29, 1.82) is 5.26 Å². The summed E-state index contributed by atoms with van der Waals surface area (Å²) in [4.78, 5) is 0. The quantitative estimate of drug-likeness (QED) is 0.607. The Balaban J connectivity index is 3.15. The van der Waals surface area contributed by atoms with Gasteiger partial charge in [-0.3, -0.25) is 2.78 Å². The van der Waals surface area contributed by atoms with E-state index in [2.05, 4.69) is 0 Å². The molecular formula is C5H3IN2. The molecule has 0 aliphatic heterocycles. The maximum absolute atomic E-state index is 8.33. The Bertz CT molecular complexity index is 221. The number of hydrogen-bond acceptors (Lipinski definition) is 1. The Morgan fingerprint density at radius 1 is 1.75 bits per heavy atom. The van der Waals surface area contributed by atoms with Gasteiger partial charge in [-0.05, 0) is 12.1 Å². The van der Waals surface area contributed by atoms with Crippen molar-refractivity contribution in [2.45, 2.75) is 0 Å². The van der Waals surface area contributed by atoms with Gasteiger partial charge in [0.2, 0.25) is 0 Å². The van der Waals surface area contributed by atoms with Gasteiger partial charge >= 0.3 is 0 Å². The minimum absolute atomic E-state index is 0.686. The Labute approximate surface area is 61.2 Å². The van der Waals surface area contributed by atoms with Gasteiger partial charge in [0.15, 0.2) is 0 Å². The lowest BCUT2D eigenvalue weighted by molar-refractivity contribution is 1.29. The summed E-state index contributed by atoms with van der Waals surface area (Å²) in [7, 11) is 0. The molecule has 0 spiro atoms. The van der Waals surface area contributed by atoms with E-state index in [9.17, 15) is 0 Å². The first-order chi connectivity index (χ1) is 3.84. The highest BCUT2D eigenvalue weighted by atomic mass is 127. The van der Waals surface area contributed by atoms with Crippen molar-refractivity contribution < 1.29 is 0 Å². The van der Waals surface area contributed by atoms with Crippen LogP contribution in [0.2, 0.25) is 0 Å². The fourth-order valence-electron chi connectivity index (χ4n) is 0.446. The molecule has 3 heteroatoms. The topological polar surface area (TPSA) is 28.7 Å². The van der Waals surface area contributed by atoms with E-state index in [-0.39, 0.29) is 0 Å². The van der Waals surface area contributed by atoms with E-state index < -0.39 is 0 Å². The molecule has 0 aliphatic carbocycles. The molecular weight excluding hydrogens is 215 g/mol. The van der Waals surface area contributed by atoms with E-state index in [1.807, 2.05) is 41.2 Å². The summed E-state index contributed by atoms with van der Waals surface area (Å²) in [6.45, 7) is 0. The van der Waals surface area contributed by atoms with E-state index in [0.29, 0.717) is 5.69 Å². The first kappa shape index (κ1) is 5.63. The van der Waals surface area contributed by atoms with Crippen molar-refractivity contribution >= 4 is 22.9 Å². The zero-order valence-electron chi connectivity index (χ0n) is 4.00. The molecule has 1 aromatic heterocycles. The van der Waals surface area contributed by atoms with Crippen LogP contribution >= 0.6 is 22.9 Å². The highest BCUT2D eigenvalue weighted by molar-refractivity contribution is 14.1. The predicted molar refractivity (Wildman–Crippen MR) is 38.6 cm³/mol. The fourth-order valence-corrected chi connectivity index (χ4v) is 0.901. The molecule has 0 saturated carbocycles. The number of nitrogens with zero attached hydrogens (tertiary/aromatic N) is 2. The number of nitriles is 1. The lowest BCUT2D eigenvalue weighted by Gasteiger charge is -1.83. The van der Waals surface area contributed by atoms with Crippen LogP contribution < -0.4 is 0 Å². The van der Waals surface area contributed by atoms with Crippen molar-refractivity contribution in [3.8, 4) is 6.07 Å². The van der Waals surface area contributed by atoms with Crippen LogP contribution in [0.4, 0.5) is 0 Å². The second-order valence-electron chi connectivity index (χ2n) is 1.32. The summed E-state index contributed by atoms with van der Waals surface area (Å²) in [5, 5.41) is 8.33. The number of rotatable bonds is 0. The van der Waals surface area contributed by atoms with Crippen LogP contribution in [0.5, 0.6) is 0 Å². The average Bonchev–Trinajstić information content (AvgIpc) is 2.14. The molecule has 0 fully saturated rings. The van der Waals surface area contributed by atoms with Crippen molar-refractivity contribution in [2.75, 3.05) is 0 Å². The van der Waals surface area contributed by atoms with Crippen molar-refractivity contribution in [1.82, 2.24) is 2.78 Å². The molecule has 0 aromatic carbocycles. The largest absolute Gasteiger partial charge is 0.281 e. The minimum Gasteiger partial charge on any atom is -0.281 e. The molecule has 0 aliphatic rings. The van der Waals surface area contributed by atoms with Crippen molar-refractivity contribution in [3.05, 3.63) is 24.0 Å². The van der Waals surface area contributed by atoms with Crippen LogP contribution in [0, 0.1) is 11.3 Å². The first-order valence-corrected chi connectivity index (χ1v) is 3.04. The zero-order valence-corrected chi connectivity index (χ0v) is 6.16. The van der Waals surface area contributed by atoms with Crippen LogP contribution in [0.15, 0.2) is 18.3 Å². The average molecular weight is 218 g/mol. The summed E-state index contributed by atoms with van der Waals surface area (Å²) in [5.74, 6) is 0. The van der Waals surface area contributed by atoms with Gasteiger partial charge in [-0.15, -0.1) is 0 Å². The molecule has 0 atom stereocenters. The van der Waals surface area contributed by atoms with Gasteiger partial charge in [-0.25, -0.2) is 0 Å². The van der Waals surface area contributed by atoms with Crippen LogP contribution in [0.25, 0.3) is 0 Å². The molecule has 1 heterocycles. The van der Waals surface area contributed by atoms with Crippen LogP contribution in [-0.2, 0) is 0 Å². The summed E-state index contributed by atoms with van der Waals surface area (Å²) < 4.78 is 1.75. The minimum atomic E-state index is 0.686. The maximum Gasteiger partial charge on any atom is 0.129 e. The van der Waals surface area contributed by atoms with E-state index in [4.69, 9.17) is 5.26 Å². The van der Waals surface area contributed by atoms with Crippen molar-refractivity contribution in [2.24, 2.45) is 0 Å². The highest BCUT2D eigenvalue weighted by Gasteiger charge is 1.90. The second-order valence-corrected chi connectivity index (χ2v) is 2.36. The smallest absolute Gasteiger partial charge is 0.129 e. The third kappa shape index (κ3) is 0.842. The predicted octanol–water partition coefficient (Wildman–Crippen LogP) is 1.56. The summed E-state index contributed by atoms with van der Waals surface area (Å²) in [6.07, 6.45) is 1.83. The molecule has 0 bridgehead atoms. The van der Waals surface area contributed by atoms with Gasteiger partial charge in [0.05, 0.1) is 22.9 Å². The lowest BCUT2D eigenvalue weighted by Crippen LogP contribution is -1.77. The lowest BCUT2D eigenvalue weighted by atomic mass is 10.5. The monoisotopic (exact) mass is 218 g/mol. The number of hydrogen-bond donors (Lipinski definition) is 0. The fraction of sp³-hybridized carbons (Fsp3) is 0. The highest BCUT2D eigenvalue weighted by Crippen LogP contribution is 2.02. The van der Waals surface area contributed by atoms with E-state index in [0.717, 1.165) is 0 Å². The maximum atomic E-state index is 8.33. The van der Waals surface area contributed by atoms with Gasteiger partial charge < -0.3 is 0 Å². The molecule has 0 N–H and O–H groups in total. The summed E-state index contributed by atoms with van der Waals surface area (Å²) >= 11 is 2.05. The van der Waals surface area contributed by atoms with Crippen LogP contribution in [0.1, 0.15) is 5.69 Å². The third-order valence-electron chi connectivity index (χ3n) is 0.816. The molecule has 0 saturated heterocycles. The Kier molecular flexibility index (Phi) is 1.53. The normalized spacial score (nSPS) is 8.50. The van der Waals surface area contributed by atoms with Gasteiger partial charge in [0.1, 0.15) is 11.8 Å². The molecule has 0 radical (unpaired) electrons. The van der Waals surface area contributed by atoms with E-state index >= 15 is 0 Å². The number of aromatic nitrogens is 1. The van der Waals surface area contributed by atoms with Crippen LogP contribution in [-0.4, -0.2) is 2.78 Å². The third-order valence-corrected chi connectivity index (χ3v) is 1.66. The van der Waals surface area contributed by atoms with Crippen LogP contribution in [0.3, 0.4) is 0 Å². The number of halogens is 1. The molecule has 1 rings (SSSR count). The summed E-state index contributed by atoms with van der Waals surface area (Å²) in [6, 6.07) is 5.64. The van der Waals surface area contributed by atoms with Gasteiger partial charge in [0, 0.05) is 6.20 Å². The van der Waals surface area contributed by atoms with Gasteiger partial charge in [-0.1, -0.05) is 0 Å². The molecule has 2 nitrogen and oxygen atoms in total. The SMILES string of the molecule is N#Cc1cccn1I. The Hall–Kier alpha value is -0.500. The van der Waals surface area contributed by atoms with Gasteiger partial charge in [0.25, 0.3) is 0 Å². The zero-order chi connectivity index (χ0) is 5.98. The Morgan fingerprint density at radius 2 is 2.50 bits per heavy atom. The second kappa shape index (κ2) is 2.18. The molecule has 8 heavy (non-hydrogen) atoms. The van der Waals surface area contributed by atoms with Crippen molar-refractivity contribution in [3.63, 3.8) is 0 Å². The summed E-state index contributed by atoms with van der Waals surface area (Å²) in [5.41, 5.74) is 0.686. The molecule has 0 unspecified atom stereocenters. The molecule has 40 valence electrons. The molecule has 0 amide bonds. The first-order valence-electron chi connectivity index (χ1n) is 2.08. The standard InChI is InChI=1S/C5H3IN2/c6-8-3-1-2-5(8)4-7/h1-3H. The molecule has 1 aromatic rings.